The minimum atomic E-state index is -0.688. The first-order valence-corrected chi connectivity index (χ1v) is 11.1. The van der Waals surface area contributed by atoms with Crippen molar-refractivity contribution in [3.8, 4) is 0 Å². The van der Waals surface area contributed by atoms with Gasteiger partial charge in [-0.15, -0.1) is 17.0 Å². The number of aliphatic hydroxyl groups is 1. The minimum Gasteiger partial charge on any atom is -0.412 e. The lowest BCUT2D eigenvalue weighted by atomic mass is 9.84. The normalized spacial score (nSPS) is 16.6. The van der Waals surface area contributed by atoms with Gasteiger partial charge in [0.15, 0.2) is 0 Å². The van der Waals surface area contributed by atoms with Crippen LogP contribution in [0.4, 0.5) is 0 Å². The van der Waals surface area contributed by atoms with Crippen molar-refractivity contribution in [2.24, 2.45) is 0 Å². The van der Waals surface area contributed by atoms with Crippen molar-refractivity contribution in [1.29, 1.82) is 0 Å². The van der Waals surface area contributed by atoms with Crippen LogP contribution in [0.3, 0.4) is 0 Å². The predicted octanol–water partition coefficient (Wildman–Crippen LogP) is 4.13. The number of halogens is 1. The Bertz CT molecular complexity index is 1010. The summed E-state index contributed by atoms with van der Waals surface area (Å²) in [5, 5.41) is 11.1. The number of rotatable bonds is 3. The Balaban J connectivity index is 0.00000128. The molecule has 0 saturated carbocycles. The molecule has 5 heteroatoms. The standard InChI is InChI=1S/C28H29NO.BrH.2H2O/c30-28(24-10-2-1-3-11-24)17-20-29(21-18-28)19-16-27-25-12-6-4-8-22(25)14-15-23-9-5-7-13-26(23)27;;;/h1-13,16,30H,14-15,17-21H2;1H;2*1H2. The van der Waals surface area contributed by atoms with Crippen molar-refractivity contribution in [2.45, 2.75) is 31.3 Å². The molecule has 176 valence electrons. The van der Waals surface area contributed by atoms with Crippen molar-refractivity contribution >= 4 is 22.6 Å². The number of benzene rings is 3. The molecule has 1 fully saturated rings. The fourth-order valence-corrected chi connectivity index (χ4v) is 5.00. The highest BCUT2D eigenvalue weighted by Gasteiger charge is 2.33. The van der Waals surface area contributed by atoms with Crippen molar-refractivity contribution < 1.29 is 16.1 Å². The van der Waals surface area contributed by atoms with E-state index in [1.165, 1.54) is 27.8 Å². The topological polar surface area (TPSA) is 86.5 Å². The Kier molecular flexibility index (Phi) is 9.58. The van der Waals surface area contributed by atoms with E-state index >= 15 is 0 Å². The van der Waals surface area contributed by atoms with Crippen LogP contribution in [0.2, 0.25) is 0 Å². The number of nitrogens with zero attached hydrogens (tertiary/aromatic N) is 1. The van der Waals surface area contributed by atoms with E-state index in [9.17, 15) is 5.11 Å². The minimum absolute atomic E-state index is 0. The molecule has 0 spiro atoms. The fourth-order valence-electron chi connectivity index (χ4n) is 5.00. The van der Waals surface area contributed by atoms with Crippen molar-refractivity contribution in [3.05, 3.63) is 113 Å². The smallest absolute Gasteiger partial charge is 0.0920 e. The average molecular weight is 512 g/mol. The number of hydrogen-bond donors (Lipinski definition) is 1. The van der Waals surface area contributed by atoms with Crippen LogP contribution in [0, 0.1) is 0 Å². The van der Waals surface area contributed by atoms with Gasteiger partial charge >= 0.3 is 0 Å². The lowest BCUT2D eigenvalue weighted by Crippen LogP contribution is -2.42. The van der Waals surface area contributed by atoms with Crippen LogP contribution in [0.5, 0.6) is 0 Å². The van der Waals surface area contributed by atoms with E-state index in [2.05, 4.69) is 71.6 Å². The van der Waals surface area contributed by atoms with Gasteiger partial charge < -0.3 is 16.1 Å². The molecule has 3 aromatic carbocycles. The van der Waals surface area contributed by atoms with Gasteiger partial charge in [-0.05, 0) is 59.1 Å². The zero-order chi connectivity index (χ0) is 20.4. The molecule has 3 aromatic rings. The zero-order valence-corrected chi connectivity index (χ0v) is 20.5. The molecule has 5 N–H and O–H groups in total. The Morgan fingerprint density at radius 2 is 1.21 bits per heavy atom. The second-order valence-corrected chi connectivity index (χ2v) is 8.63. The first-order valence-electron chi connectivity index (χ1n) is 11.1. The molecule has 0 atom stereocenters. The summed E-state index contributed by atoms with van der Waals surface area (Å²) < 4.78 is 0. The van der Waals surface area contributed by atoms with E-state index in [0.29, 0.717) is 0 Å². The van der Waals surface area contributed by atoms with Gasteiger partial charge in [0.05, 0.1) is 5.60 Å². The maximum Gasteiger partial charge on any atom is 0.0920 e. The van der Waals surface area contributed by atoms with Gasteiger partial charge in [0, 0.05) is 19.6 Å². The molecule has 0 aromatic heterocycles. The molecule has 5 rings (SSSR count). The van der Waals surface area contributed by atoms with Gasteiger partial charge in [-0.1, -0.05) is 84.9 Å². The lowest BCUT2D eigenvalue weighted by molar-refractivity contribution is -0.0233. The second-order valence-electron chi connectivity index (χ2n) is 8.63. The summed E-state index contributed by atoms with van der Waals surface area (Å²) in [4.78, 5) is 2.47. The number of fused-ring (bicyclic) bond motifs is 2. The van der Waals surface area contributed by atoms with Crippen LogP contribution in [0.15, 0.2) is 84.9 Å². The van der Waals surface area contributed by atoms with Crippen LogP contribution in [-0.2, 0) is 18.4 Å². The Morgan fingerprint density at radius 3 is 1.76 bits per heavy atom. The number of piperidine rings is 1. The van der Waals surface area contributed by atoms with Gasteiger partial charge in [-0.2, -0.15) is 0 Å². The summed E-state index contributed by atoms with van der Waals surface area (Å²) in [6, 6.07) is 27.9. The summed E-state index contributed by atoms with van der Waals surface area (Å²) >= 11 is 0. The molecule has 1 aliphatic carbocycles. The van der Waals surface area contributed by atoms with Crippen molar-refractivity contribution in [2.75, 3.05) is 19.6 Å². The molecule has 1 heterocycles. The molecule has 0 amide bonds. The molecular formula is C28H34BrNO3. The molecular weight excluding hydrogens is 478 g/mol. The maximum atomic E-state index is 11.1. The zero-order valence-electron chi connectivity index (χ0n) is 18.8. The van der Waals surface area contributed by atoms with Crippen LogP contribution in [-0.4, -0.2) is 40.6 Å². The summed E-state index contributed by atoms with van der Waals surface area (Å²) in [5.74, 6) is 0. The van der Waals surface area contributed by atoms with Gasteiger partial charge in [0.1, 0.15) is 0 Å². The molecule has 0 unspecified atom stereocenters. The second kappa shape index (κ2) is 11.7. The Hall–Kier alpha value is -2.28. The first-order chi connectivity index (χ1) is 14.7. The van der Waals surface area contributed by atoms with Crippen LogP contribution in [0.1, 0.15) is 40.7 Å². The van der Waals surface area contributed by atoms with E-state index in [4.69, 9.17) is 0 Å². The highest BCUT2D eigenvalue weighted by molar-refractivity contribution is 8.93. The largest absolute Gasteiger partial charge is 0.412 e. The molecule has 1 aliphatic heterocycles. The molecule has 33 heavy (non-hydrogen) atoms. The van der Waals surface area contributed by atoms with E-state index in [0.717, 1.165) is 50.9 Å². The van der Waals surface area contributed by atoms with Crippen LogP contribution >= 0.6 is 17.0 Å². The molecule has 0 radical (unpaired) electrons. The van der Waals surface area contributed by atoms with Crippen molar-refractivity contribution in [3.63, 3.8) is 0 Å². The summed E-state index contributed by atoms with van der Waals surface area (Å²) in [6.45, 7) is 2.75. The van der Waals surface area contributed by atoms with Gasteiger partial charge in [0.2, 0.25) is 0 Å². The fraction of sp³-hybridized carbons (Fsp3) is 0.286. The van der Waals surface area contributed by atoms with Crippen LogP contribution in [0.25, 0.3) is 5.57 Å². The molecule has 4 nitrogen and oxygen atoms in total. The highest BCUT2D eigenvalue weighted by atomic mass is 79.9. The summed E-state index contributed by atoms with van der Waals surface area (Å²) in [5.41, 5.74) is 7.36. The third-order valence-corrected chi connectivity index (χ3v) is 6.83. The SMILES string of the molecule is Br.O.O.OC1(c2ccccc2)CCN(CC=C2c3ccccc3CCc3ccccc32)CC1. The molecule has 1 saturated heterocycles. The van der Waals surface area contributed by atoms with E-state index < -0.39 is 5.60 Å². The van der Waals surface area contributed by atoms with Gasteiger partial charge in [-0.3, -0.25) is 4.90 Å². The lowest BCUT2D eigenvalue weighted by Gasteiger charge is -2.38. The highest BCUT2D eigenvalue weighted by Crippen LogP contribution is 2.35. The summed E-state index contributed by atoms with van der Waals surface area (Å²) in [6.07, 6.45) is 6.17. The maximum absolute atomic E-state index is 11.1. The summed E-state index contributed by atoms with van der Waals surface area (Å²) in [7, 11) is 0. The van der Waals surface area contributed by atoms with E-state index in [1.54, 1.807) is 0 Å². The van der Waals surface area contributed by atoms with Crippen LogP contribution < -0.4 is 0 Å². The predicted molar refractivity (Wildman–Crippen MR) is 141 cm³/mol. The van der Waals surface area contributed by atoms with Gasteiger partial charge in [0.25, 0.3) is 0 Å². The monoisotopic (exact) mass is 511 g/mol. The Morgan fingerprint density at radius 1 is 0.727 bits per heavy atom. The van der Waals surface area contributed by atoms with E-state index in [1.807, 2.05) is 18.2 Å². The van der Waals surface area contributed by atoms with E-state index in [-0.39, 0.29) is 27.9 Å². The van der Waals surface area contributed by atoms with Crippen molar-refractivity contribution in [1.82, 2.24) is 4.90 Å². The molecule has 0 bridgehead atoms. The first kappa shape index (κ1) is 27.0. The third kappa shape index (κ3) is 5.62. The number of hydrogen-bond acceptors (Lipinski definition) is 2. The van der Waals surface area contributed by atoms with Gasteiger partial charge in [-0.25, -0.2) is 0 Å². The number of aryl methyl sites for hydroxylation is 2. The molecule has 2 aliphatic rings. The third-order valence-electron chi connectivity index (χ3n) is 6.83. The Labute approximate surface area is 207 Å². The average Bonchev–Trinajstić information content (AvgIpc) is 2.96. The number of likely N-dealkylation sites (tertiary alicyclic amines) is 1. The quantitative estimate of drug-likeness (QED) is 0.572.